The summed E-state index contributed by atoms with van der Waals surface area (Å²) in [6.45, 7) is 3.76. The summed E-state index contributed by atoms with van der Waals surface area (Å²) in [5.74, 6) is 0.101. The molecule has 0 N–H and O–H groups in total. The van der Waals surface area contributed by atoms with E-state index in [1.54, 1.807) is 0 Å². The van der Waals surface area contributed by atoms with Gasteiger partial charge in [-0.1, -0.05) is 29.8 Å². The second-order valence-corrected chi connectivity index (χ2v) is 8.19. The predicted octanol–water partition coefficient (Wildman–Crippen LogP) is 3.35. The maximum atomic E-state index is 13.2. The van der Waals surface area contributed by atoms with Crippen LogP contribution >= 0.6 is 0 Å². The maximum absolute atomic E-state index is 13.2. The summed E-state index contributed by atoms with van der Waals surface area (Å²) in [6, 6.07) is 7.98. The van der Waals surface area contributed by atoms with Crippen LogP contribution in [-0.2, 0) is 9.59 Å². The number of rotatable bonds is 1. The highest BCUT2D eigenvalue weighted by atomic mass is 16.1. The molecule has 5 rings (SSSR count). The number of piperidine rings is 1. The smallest absolute Gasteiger partial charge is 0.264 e. The molecule has 1 saturated heterocycles. The fraction of sp³-hybridized carbons (Fsp3) is 0.435. The van der Waals surface area contributed by atoms with Crippen molar-refractivity contribution in [2.75, 3.05) is 13.1 Å². The van der Waals surface area contributed by atoms with Crippen LogP contribution in [-0.4, -0.2) is 47.2 Å². The number of benzene rings is 1. The number of hydrogen-bond acceptors (Lipinski definition) is 5. The molecule has 4 aliphatic rings. The van der Waals surface area contributed by atoms with Gasteiger partial charge in [-0.3, -0.25) is 9.59 Å². The fourth-order valence-corrected chi connectivity index (χ4v) is 4.61. The first-order valence-electron chi connectivity index (χ1n) is 10.5. The summed E-state index contributed by atoms with van der Waals surface area (Å²) in [7, 11) is 0. The molecule has 1 aromatic rings. The van der Waals surface area contributed by atoms with Gasteiger partial charge in [0.1, 0.15) is 11.8 Å². The Labute approximate surface area is 170 Å². The van der Waals surface area contributed by atoms with Gasteiger partial charge < -0.3 is 4.90 Å². The predicted molar refractivity (Wildman–Crippen MR) is 113 cm³/mol. The minimum atomic E-state index is -0.688. The molecule has 0 bridgehead atoms. The molecule has 1 amide bonds. The number of amides is 1. The molecule has 1 saturated carbocycles. The zero-order valence-electron chi connectivity index (χ0n) is 16.6. The quantitative estimate of drug-likeness (QED) is 0.740. The number of likely N-dealkylation sites (tertiary alicyclic amines) is 1. The third kappa shape index (κ3) is 3.16. The molecule has 1 aromatic carbocycles. The molecule has 29 heavy (non-hydrogen) atoms. The summed E-state index contributed by atoms with van der Waals surface area (Å²) in [6.07, 6.45) is 5.41. The van der Waals surface area contributed by atoms with Crippen molar-refractivity contribution in [1.29, 1.82) is 0 Å². The monoisotopic (exact) mass is 388 g/mol. The molecular formula is C23H24N4O2. The molecule has 6 heteroatoms. The van der Waals surface area contributed by atoms with Crippen molar-refractivity contribution >= 4 is 34.8 Å². The molecule has 3 aliphatic heterocycles. The van der Waals surface area contributed by atoms with E-state index >= 15 is 0 Å². The van der Waals surface area contributed by atoms with Crippen LogP contribution in [0.5, 0.6) is 0 Å². The van der Waals surface area contributed by atoms with Crippen molar-refractivity contribution in [3.63, 3.8) is 0 Å². The van der Waals surface area contributed by atoms with E-state index in [0.29, 0.717) is 23.8 Å². The van der Waals surface area contributed by atoms with Crippen LogP contribution in [0.15, 0.2) is 44.8 Å². The molecule has 1 aliphatic carbocycles. The van der Waals surface area contributed by atoms with Crippen LogP contribution in [0.3, 0.4) is 0 Å². The topological polar surface area (TPSA) is 74.5 Å². The van der Waals surface area contributed by atoms with Crippen LogP contribution in [0.25, 0.3) is 5.57 Å². The number of amidine groups is 1. The first kappa shape index (κ1) is 18.2. The number of carbonyl (C=O) groups excluding carboxylic acids is 2. The molecule has 3 heterocycles. The second-order valence-electron chi connectivity index (χ2n) is 8.19. The zero-order valence-corrected chi connectivity index (χ0v) is 16.6. The number of carbonyl (C=O) groups is 2. The Balaban J connectivity index is 1.63. The summed E-state index contributed by atoms with van der Waals surface area (Å²) in [4.78, 5) is 41.9. The Hall–Kier alpha value is -2.89. The van der Waals surface area contributed by atoms with Crippen molar-refractivity contribution in [2.45, 2.75) is 45.4 Å². The standard InChI is InChI=1S/C23H24N4O2/c1-14-8-10-15(11-9-14)18-19-16(6-5-7-17(19)28)24-21-20(18)22(29)26-23(25-21)27-12-3-2-4-13-27/h8-11,20H,2-7,12-13H2,1H3. The number of Topliss-reactive ketones (excluding diaryl/α,β-unsaturated/α-hetero) is 1. The Morgan fingerprint density at radius 3 is 2.41 bits per heavy atom. The zero-order chi connectivity index (χ0) is 20.0. The molecular weight excluding hydrogens is 364 g/mol. The Bertz CT molecular complexity index is 1010. The molecule has 0 spiro atoms. The van der Waals surface area contributed by atoms with Gasteiger partial charge in [-0.15, -0.1) is 0 Å². The summed E-state index contributed by atoms with van der Waals surface area (Å²) in [5, 5.41) is 0. The first-order chi connectivity index (χ1) is 14.1. The maximum Gasteiger partial charge on any atom is 0.264 e. The van der Waals surface area contributed by atoms with Gasteiger partial charge in [-0.05, 0) is 50.2 Å². The van der Waals surface area contributed by atoms with E-state index < -0.39 is 5.92 Å². The Kier molecular flexibility index (Phi) is 4.49. The van der Waals surface area contributed by atoms with Crippen molar-refractivity contribution in [3.8, 4) is 0 Å². The highest BCUT2D eigenvalue weighted by molar-refractivity contribution is 6.37. The molecule has 0 aromatic heterocycles. The average Bonchev–Trinajstić information content (AvgIpc) is 2.74. The van der Waals surface area contributed by atoms with E-state index in [0.717, 1.165) is 61.2 Å². The van der Waals surface area contributed by atoms with Crippen LogP contribution < -0.4 is 0 Å². The lowest BCUT2D eigenvalue weighted by molar-refractivity contribution is -0.118. The fourth-order valence-electron chi connectivity index (χ4n) is 4.61. The number of dihydropyridines is 1. The normalized spacial score (nSPS) is 24.5. The van der Waals surface area contributed by atoms with E-state index in [9.17, 15) is 9.59 Å². The van der Waals surface area contributed by atoms with E-state index in [1.807, 2.05) is 31.2 Å². The van der Waals surface area contributed by atoms with E-state index in [4.69, 9.17) is 9.98 Å². The molecule has 1 atom stereocenters. The van der Waals surface area contributed by atoms with E-state index in [2.05, 4.69) is 9.89 Å². The number of aryl methyl sites for hydroxylation is 1. The number of allylic oxidation sites excluding steroid dienone is 1. The van der Waals surface area contributed by atoms with Crippen molar-refractivity contribution in [2.24, 2.45) is 20.9 Å². The van der Waals surface area contributed by atoms with E-state index in [-0.39, 0.29) is 11.7 Å². The number of aliphatic imine (C=N–C) groups is 3. The number of fused-ring (bicyclic) bond motifs is 2. The van der Waals surface area contributed by atoms with Crippen LogP contribution in [0, 0.1) is 12.8 Å². The highest BCUT2D eigenvalue weighted by Gasteiger charge is 2.42. The molecule has 0 radical (unpaired) electrons. The van der Waals surface area contributed by atoms with Crippen molar-refractivity contribution in [3.05, 3.63) is 41.0 Å². The van der Waals surface area contributed by atoms with Gasteiger partial charge in [0.2, 0.25) is 5.96 Å². The number of hydrogen-bond donors (Lipinski definition) is 0. The van der Waals surface area contributed by atoms with Crippen LogP contribution in [0.4, 0.5) is 0 Å². The Morgan fingerprint density at radius 1 is 0.897 bits per heavy atom. The molecule has 2 fully saturated rings. The largest absolute Gasteiger partial charge is 0.341 e. The molecule has 1 unspecified atom stereocenters. The highest BCUT2D eigenvalue weighted by Crippen LogP contribution is 2.39. The van der Waals surface area contributed by atoms with Gasteiger partial charge in [0.25, 0.3) is 5.91 Å². The van der Waals surface area contributed by atoms with Gasteiger partial charge in [0.05, 0.1) is 5.71 Å². The minimum Gasteiger partial charge on any atom is -0.341 e. The van der Waals surface area contributed by atoms with Gasteiger partial charge in [0, 0.05) is 25.1 Å². The first-order valence-corrected chi connectivity index (χ1v) is 10.5. The summed E-state index contributed by atoms with van der Waals surface area (Å²) in [5.41, 5.74) is 4.16. The third-order valence-corrected chi connectivity index (χ3v) is 6.12. The van der Waals surface area contributed by atoms with Gasteiger partial charge in [-0.25, -0.2) is 4.99 Å². The lowest BCUT2D eigenvalue weighted by Crippen LogP contribution is -2.42. The Morgan fingerprint density at radius 2 is 1.66 bits per heavy atom. The lowest BCUT2D eigenvalue weighted by Gasteiger charge is -2.33. The average molecular weight is 388 g/mol. The van der Waals surface area contributed by atoms with Crippen molar-refractivity contribution < 1.29 is 9.59 Å². The number of guanidine groups is 1. The van der Waals surface area contributed by atoms with Crippen LogP contribution in [0.2, 0.25) is 0 Å². The molecule has 6 nitrogen and oxygen atoms in total. The van der Waals surface area contributed by atoms with Gasteiger partial charge in [-0.2, -0.15) is 9.98 Å². The number of nitrogens with zero attached hydrogens (tertiary/aromatic N) is 4. The second kappa shape index (κ2) is 7.17. The minimum absolute atomic E-state index is 0.0724. The lowest BCUT2D eigenvalue weighted by atomic mass is 9.77. The van der Waals surface area contributed by atoms with Crippen molar-refractivity contribution in [1.82, 2.24) is 4.90 Å². The SMILES string of the molecule is Cc1ccc(C2=C3C(=O)CCCC3=NC3=NC(N4CCCCC4)=NC(=O)C32)cc1. The van der Waals surface area contributed by atoms with Gasteiger partial charge in [0.15, 0.2) is 5.78 Å². The molecule has 148 valence electrons. The number of ketones is 1. The summed E-state index contributed by atoms with van der Waals surface area (Å²) < 4.78 is 0. The van der Waals surface area contributed by atoms with Gasteiger partial charge >= 0.3 is 0 Å². The summed E-state index contributed by atoms with van der Waals surface area (Å²) >= 11 is 0. The van der Waals surface area contributed by atoms with E-state index in [1.165, 1.54) is 6.42 Å². The van der Waals surface area contributed by atoms with Crippen LogP contribution in [0.1, 0.15) is 49.7 Å². The third-order valence-electron chi connectivity index (χ3n) is 6.12.